The van der Waals surface area contributed by atoms with Crippen LogP contribution in [0.1, 0.15) is 21.0 Å². The number of benzene rings is 1. The van der Waals surface area contributed by atoms with E-state index in [2.05, 4.69) is 12.2 Å². The molecule has 2 heterocycles. The molecular formula is C18H22N2O2S. The lowest BCUT2D eigenvalue weighted by Gasteiger charge is -2.23. The van der Waals surface area contributed by atoms with Crippen molar-refractivity contribution in [3.63, 3.8) is 0 Å². The average molecular weight is 330 g/mol. The van der Waals surface area contributed by atoms with Gasteiger partial charge in [-0.05, 0) is 49.2 Å². The standard InChI is InChI=1S/C18H22N2O2S/c1-12-16(13-4-6-15(22-3)7-5-13)10-17(23-12)18(21)20(2)14-8-9-19-11-14/h4-7,10,14,19H,8-9,11H2,1-3H3. The molecule has 1 aliphatic rings. The maximum absolute atomic E-state index is 12.7. The third-order valence-corrected chi connectivity index (χ3v) is 5.47. The first kappa shape index (κ1) is 16.0. The third kappa shape index (κ3) is 3.26. The molecule has 0 saturated carbocycles. The van der Waals surface area contributed by atoms with Crippen molar-refractivity contribution >= 4 is 17.2 Å². The maximum Gasteiger partial charge on any atom is 0.263 e. The van der Waals surface area contributed by atoms with Crippen LogP contribution in [0.25, 0.3) is 11.1 Å². The van der Waals surface area contributed by atoms with Gasteiger partial charge in [-0.2, -0.15) is 0 Å². The Morgan fingerprint density at radius 1 is 1.35 bits per heavy atom. The van der Waals surface area contributed by atoms with Crippen LogP contribution in [0, 0.1) is 6.92 Å². The fraction of sp³-hybridized carbons (Fsp3) is 0.389. The topological polar surface area (TPSA) is 41.6 Å². The van der Waals surface area contributed by atoms with E-state index >= 15 is 0 Å². The second-order valence-corrected chi connectivity index (χ2v) is 7.13. The van der Waals surface area contributed by atoms with Crippen LogP contribution in [0.15, 0.2) is 30.3 Å². The summed E-state index contributed by atoms with van der Waals surface area (Å²) < 4.78 is 5.20. The van der Waals surface area contributed by atoms with Gasteiger partial charge in [0.2, 0.25) is 0 Å². The molecule has 1 fully saturated rings. The van der Waals surface area contributed by atoms with Crippen LogP contribution < -0.4 is 10.1 Å². The molecule has 2 aromatic rings. The first-order valence-electron chi connectivity index (χ1n) is 7.83. The van der Waals surface area contributed by atoms with E-state index in [9.17, 15) is 4.79 Å². The molecular weight excluding hydrogens is 308 g/mol. The summed E-state index contributed by atoms with van der Waals surface area (Å²) in [5.74, 6) is 0.956. The molecule has 1 aromatic heterocycles. The van der Waals surface area contributed by atoms with Crippen LogP contribution in [0.3, 0.4) is 0 Å². The van der Waals surface area contributed by atoms with Gasteiger partial charge in [-0.15, -0.1) is 11.3 Å². The van der Waals surface area contributed by atoms with Crippen LogP contribution in [0.2, 0.25) is 0 Å². The summed E-state index contributed by atoms with van der Waals surface area (Å²) in [7, 11) is 3.57. The SMILES string of the molecule is COc1ccc(-c2cc(C(=O)N(C)C3CCNC3)sc2C)cc1. The van der Waals surface area contributed by atoms with Crippen molar-refractivity contribution in [1.82, 2.24) is 10.2 Å². The monoisotopic (exact) mass is 330 g/mol. The molecule has 1 unspecified atom stereocenters. The Hall–Kier alpha value is -1.85. The number of aryl methyl sites for hydroxylation is 1. The van der Waals surface area contributed by atoms with Crippen molar-refractivity contribution in [3.05, 3.63) is 40.1 Å². The van der Waals surface area contributed by atoms with E-state index in [4.69, 9.17) is 4.74 Å². The fourth-order valence-electron chi connectivity index (χ4n) is 2.95. The molecule has 122 valence electrons. The van der Waals surface area contributed by atoms with Crippen molar-refractivity contribution in [1.29, 1.82) is 0 Å². The van der Waals surface area contributed by atoms with Gasteiger partial charge in [0.25, 0.3) is 5.91 Å². The van der Waals surface area contributed by atoms with Crippen LogP contribution in [0.4, 0.5) is 0 Å². The van der Waals surface area contributed by atoms with Crippen LogP contribution in [-0.4, -0.2) is 44.1 Å². The molecule has 0 bridgehead atoms. The summed E-state index contributed by atoms with van der Waals surface area (Å²) in [6, 6.07) is 10.3. The largest absolute Gasteiger partial charge is 0.497 e. The van der Waals surface area contributed by atoms with Crippen molar-refractivity contribution in [2.45, 2.75) is 19.4 Å². The fourth-order valence-corrected chi connectivity index (χ4v) is 3.98. The first-order chi connectivity index (χ1) is 11.1. The number of ether oxygens (including phenoxy) is 1. The summed E-state index contributed by atoms with van der Waals surface area (Å²) in [5.41, 5.74) is 2.24. The number of likely N-dealkylation sites (N-methyl/N-ethyl adjacent to an activating group) is 1. The van der Waals surface area contributed by atoms with Crippen LogP contribution in [0.5, 0.6) is 5.75 Å². The number of carbonyl (C=O) groups excluding carboxylic acids is 1. The molecule has 5 heteroatoms. The predicted molar refractivity (Wildman–Crippen MR) is 94.4 cm³/mol. The van der Waals surface area contributed by atoms with Gasteiger partial charge in [0, 0.05) is 24.5 Å². The Morgan fingerprint density at radius 3 is 2.70 bits per heavy atom. The van der Waals surface area contributed by atoms with Crippen LogP contribution >= 0.6 is 11.3 Å². The predicted octanol–water partition coefficient (Wildman–Crippen LogP) is 3.17. The number of rotatable bonds is 4. The van der Waals surface area contributed by atoms with Gasteiger partial charge in [0.15, 0.2) is 0 Å². The van der Waals surface area contributed by atoms with Crippen molar-refractivity contribution < 1.29 is 9.53 Å². The lowest BCUT2D eigenvalue weighted by molar-refractivity contribution is 0.0748. The minimum atomic E-state index is 0.117. The van der Waals surface area contributed by atoms with Gasteiger partial charge in [-0.1, -0.05) is 12.1 Å². The van der Waals surface area contributed by atoms with E-state index in [-0.39, 0.29) is 5.91 Å². The van der Waals surface area contributed by atoms with Gasteiger partial charge in [0.05, 0.1) is 12.0 Å². The number of nitrogens with one attached hydrogen (secondary N) is 1. The molecule has 0 spiro atoms. The zero-order valence-corrected chi connectivity index (χ0v) is 14.6. The Morgan fingerprint density at radius 2 is 2.09 bits per heavy atom. The minimum absolute atomic E-state index is 0.117. The molecule has 3 rings (SSSR count). The smallest absolute Gasteiger partial charge is 0.263 e. The second kappa shape index (κ2) is 6.72. The van der Waals surface area contributed by atoms with Crippen molar-refractivity contribution in [2.24, 2.45) is 0 Å². The second-order valence-electron chi connectivity index (χ2n) is 5.87. The lowest BCUT2D eigenvalue weighted by atomic mass is 10.1. The van der Waals surface area contributed by atoms with E-state index in [0.717, 1.165) is 46.1 Å². The van der Waals surface area contributed by atoms with E-state index in [0.29, 0.717) is 6.04 Å². The zero-order chi connectivity index (χ0) is 16.4. The summed E-state index contributed by atoms with van der Waals surface area (Å²) in [6.45, 7) is 3.94. The Kier molecular flexibility index (Phi) is 4.68. The molecule has 0 aliphatic carbocycles. The molecule has 1 aromatic carbocycles. The summed E-state index contributed by atoms with van der Waals surface area (Å²) in [5, 5.41) is 3.31. The molecule has 0 radical (unpaired) electrons. The number of hydrogen-bond donors (Lipinski definition) is 1. The lowest BCUT2D eigenvalue weighted by Crippen LogP contribution is -2.37. The molecule has 1 atom stereocenters. The van der Waals surface area contributed by atoms with E-state index in [1.54, 1.807) is 18.4 Å². The maximum atomic E-state index is 12.7. The quantitative estimate of drug-likeness (QED) is 0.936. The van der Waals surface area contributed by atoms with Gasteiger partial charge in [-0.25, -0.2) is 0 Å². The highest BCUT2D eigenvalue weighted by Crippen LogP contribution is 2.32. The molecule has 1 saturated heterocycles. The molecule has 1 aliphatic heterocycles. The van der Waals surface area contributed by atoms with Gasteiger partial charge in [0.1, 0.15) is 5.75 Å². The Bertz CT molecular complexity index is 688. The highest BCUT2D eigenvalue weighted by molar-refractivity contribution is 7.14. The molecule has 4 nitrogen and oxygen atoms in total. The van der Waals surface area contributed by atoms with E-state index in [1.807, 2.05) is 42.3 Å². The highest BCUT2D eigenvalue weighted by atomic mass is 32.1. The number of carbonyl (C=O) groups is 1. The van der Waals surface area contributed by atoms with E-state index < -0.39 is 0 Å². The van der Waals surface area contributed by atoms with Gasteiger partial charge >= 0.3 is 0 Å². The number of methoxy groups -OCH3 is 1. The zero-order valence-electron chi connectivity index (χ0n) is 13.8. The number of hydrogen-bond acceptors (Lipinski definition) is 4. The Balaban J connectivity index is 1.83. The molecule has 1 N–H and O–H groups in total. The van der Waals surface area contributed by atoms with Crippen LogP contribution in [-0.2, 0) is 0 Å². The molecule has 1 amide bonds. The summed E-state index contributed by atoms with van der Waals surface area (Å²) >= 11 is 1.57. The highest BCUT2D eigenvalue weighted by Gasteiger charge is 2.25. The number of nitrogens with zero attached hydrogens (tertiary/aromatic N) is 1. The summed E-state index contributed by atoms with van der Waals surface area (Å²) in [6.07, 6.45) is 1.03. The third-order valence-electron chi connectivity index (χ3n) is 4.43. The first-order valence-corrected chi connectivity index (χ1v) is 8.64. The number of thiophene rings is 1. The minimum Gasteiger partial charge on any atom is -0.497 e. The van der Waals surface area contributed by atoms with Gasteiger partial charge < -0.3 is 15.0 Å². The van der Waals surface area contributed by atoms with Crippen molar-refractivity contribution in [2.75, 3.05) is 27.2 Å². The Labute approximate surface area is 141 Å². The average Bonchev–Trinajstić information content (AvgIpc) is 3.23. The normalized spacial score (nSPS) is 17.3. The van der Waals surface area contributed by atoms with E-state index in [1.165, 1.54) is 0 Å². The molecule has 23 heavy (non-hydrogen) atoms. The van der Waals surface area contributed by atoms with Gasteiger partial charge in [-0.3, -0.25) is 4.79 Å². The summed E-state index contributed by atoms with van der Waals surface area (Å²) in [4.78, 5) is 16.6. The van der Waals surface area contributed by atoms with Crippen molar-refractivity contribution in [3.8, 4) is 16.9 Å². The number of amides is 1.